The fourth-order valence-electron chi connectivity index (χ4n) is 1.89. The highest BCUT2D eigenvalue weighted by Crippen LogP contribution is 2.22. The fourth-order valence-corrected chi connectivity index (χ4v) is 1.89. The SMILES string of the molecule is C=CCN(C(=O)c1cc(N)cc(C)c1F)C(C)(C)C. The monoisotopic (exact) mass is 264 g/mol. The Labute approximate surface area is 113 Å². The van der Waals surface area contributed by atoms with E-state index in [0.717, 1.165) is 0 Å². The maximum absolute atomic E-state index is 14.1. The van der Waals surface area contributed by atoms with Crippen LogP contribution in [0.2, 0.25) is 0 Å². The smallest absolute Gasteiger partial charge is 0.257 e. The maximum Gasteiger partial charge on any atom is 0.257 e. The molecule has 1 amide bonds. The number of nitrogens with two attached hydrogens (primary N) is 1. The summed E-state index contributed by atoms with van der Waals surface area (Å²) in [5.41, 5.74) is 6.03. The van der Waals surface area contributed by atoms with Gasteiger partial charge in [0.05, 0.1) is 5.56 Å². The van der Waals surface area contributed by atoms with Gasteiger partial charge in [0.15, 0.2) is 0 Å². The second-order valence-electron chi connectivity index (χ2n) is 5.57. The van der Waals surface area contributed by atoms with E-state index in [2.05, 4.69) is 6.58 Å². The number of halogens is 1. The topological polar surface area (TPSA) is 46.3 Å². The zero-order valence-electron chi connectivity index (χ0n) is 12.0. The number of amides is 1. The molecule has 2 N–H and O–H groups in total. The van der Waals surface area contributed by atoms with Crippen LogP contribution in [0.25, 0.3) is 0 Å². The Kier molecular flexibility index (Phi) is 4.35. The number of carbonyl (C=O) groups is 1. The third-order valence-corrected chi connectivity index (χ3v) is 2.87. The Morgan fingerprint density at radius 1 is 1.47 bits per heavy atom. The second-order valence-corrected chi connectivity index (χ2v) is 5.57. The number of nitrogen functional groups attached to an aromatic ring is 1. The van der Waals surface area contributed by atoms with Gasteiger partial charge in [-0.2, -0.15) is 0 Å². The Morgan fingerprint density at radius 3 is 2.53 bits per heavy atom. The van der Waals surface area contributed by atoms with Crippen LogP contribution in [0.5, 0.6) is 0 Å². The Bertz CT molecular complexity index is 504. The molecule has 1 aromatic carbocycles. The zero-order valence-corrected chi connectivity index (χ0v) is 12.0. The van der Waals surface area contributed by atoms with Crippen LogP contribution >= 0.6 is 0 Å². The normalized spacial score (nSPS) is 11.2. The van der Waals surface area contributed by atoms with E-state index in [0.29, 0.717) is 17.8 Å². The Hall–Kier alpha value is -1.84. The maximum atomic E-state index is 14.1. The van der Waals surface area contributed by atoms with E-state index in [1.807, 2.05) is 20.8 Å². The summed E-state index contributed by atoms with van der Waals surface area (Å²) >= 11 is 0. The molecule has 104 valence electrons. The molecule has 0 radical (unpaired) electrons. The van der Waals surface area contributed by atoms with Gasteiger partial charge in [0, 0.05) is 17.8 Å². The van der Waals surface area contributed by atoms with Gasteiger partial charge in [-0.05, 0) is 45.4 Å². The standard InChI is InChI=1S/C15H21FN2O/c1-6-7-18(15(3,4)5)14(19)12-9-11(17)8-10(2)13(12)16/h6,8-9H,1,7,17H2,2-5H3. The van der Waals surface area contributed by atoms with Crippen molar-refractivity contribution in [3.05, 3.63) is 41.7 Å². The molecule has 0 fully saturated rings. The summed E-state index contributed by atoms with van der Waals surface area (Å²) in [6.07, 6.45) is 1.63. The van der Waals surface area contributed by atoms with Crippen molar-refractivity contribution in [1.82, 2.24) is 4.90 Å². The Balaban J connectivity index is 3.28. The average molecular weight is 264 g/mol. The summed E-state index contributed by atoms with van der Waals surface area (Å²) < 4.78 is 14.1. The number of nitrogens with zero attached hydrogens (tertiary/aromatic N) is 1. The van der Waals surface area contributed by atoms with Crippen LogP contribution in [-0.2, 0) is 0 Å². The molecule has 1 aromatic rings. The van der Waals surface area contributed by atoms with E-state index in [1.54, 1.807) is 17.9 Å². The predicted octanol–water partition coefficient (Wildman–Crippen LogP) is 3.14. The van der Waals surface area contributed by atoms with Gasteiger partial charge in [-0.1, -0.05) is 6.08 Å². The molecule has 4 heteroatoms. The van der Waals surface area contributed by atoms with Gasteiger partial charge in [0.1, 0.15) is 5.82 Å². The average Bonchev–Trinajstić information content (AvgIpc) is 2.28. The lowest BCUT2D eigenvalue weighted by atomic mass is 10.0. The fraction of sp³-hybridized carbons (Fsp3) is 0.400. The number of benzene rings is 1. The molecule has 3 nitrogen and oxygen atoms in total. The van der Waals surface area contributed by atoms with Gasteiger partial charge in [-0.15, -0.1) is 6.58 Å². The summed E-state index contributed by atoms with van der Waals surface area (Å²) in [5.74, 6) is -0.891. The van der Waals surface area contributed by atoms with E-state index in [1.165, 1.54) is 12.1 Å². The predicted molar refractivity (Wildman–Crippen MR) is 76.5 cm³/mol. The molecule has 0 aromatic heterocycles. The van der Waals surface area contributed by atoms with Crippen LogP contribution in [0.1, 0.15) is 36.7 Å². The summed E-state index contributed by atoms with van der Waals surface area (Å²) in [6.45, 7) is 11.3. The van der Waals surface area contributed by atoms with Crippen molar-refractivity contribution in [3.8, 4) is 0 Å². The van der Waals surface area contributed by atoms with Crippen molar-refractivity contribution in [3.63, 3.8) is 0 Å². The van der Waals surface area contributed by atoms with Crippen molar-refractivity contribution in [2.24, 2.45) is 0 Å². The number of anilines is 1. The van der Waals surface area contributed by atoms with Crippen LogP contribution in [0, 0.1) is 12.7 Å². The lowest BCUT2D eigenvalue weighted by molar-refractivity contribution is 0.0611. The number of rotatable bonds is 3. The first kappa shape index (κ1) is 15.2. The molecule has 0 bridgehead atoms. The number of hydrogen-bond donors (Lipinski definition) is 1. The summed E-state index contributed by atoms with van der Waals surface area (Å²) in [6, 6.07) is 2.90. The van der Waals surface area contributed by atoms with Crippen LogP contribution in [-0.4, -0.2) is 22.9 Å². The first-order valence-electron chi connectivity index (χ1n) is 6.17. The number of aryl methyl sites for hydroxylation is 1. The van der Waals surface area contributed by atoms with Gasteiger partial charge in [0.2, 0.25) is 0 Å². The molecule has 0 saturated heterocycles. The molecule has 0 aliphatic rings. The molecule has 0 aliphatic heterocycles. The summed E-state index contributed by atoms with van der Waals surface area (Å²) in [4.78, 5) is 14.1. The lowest BCUT2D eigenvalue weighted by Gasteiger charge is -2.35. The third kappa shape index (κ3) is 3.34. The van der Waals surface area contributed by atoms with Crippen molar-refractivity contribution in [2.45, 2.75) is 33.2 Å². The highest BCUT2D eigenvalue weighted by Gasteiger charge is 2.28. The van der Waals surface area contributed by atoms with E-state index < -0.39 is 11.4 Å². The van der Waals surface area contributed by atoms with E-state index >= 15 is 0 Å². The molecule has 19 heavy (non-hydrogen) atoms. The molecular weight excluding hydrogens is 243 g/mol. The summed E-state index contributed by atoms with van der Waals surface area (Å²) in [5, 5.41) is 0. The minimum Gasteiger partial charge on any atom is -0.399 e. The molecule has 0 aliphatic carbocycles. The quantitative estimate of drug-likeness (QED) is 0.673. The van der Waals surface area contributed by atoms with Crippen LogP contribution < -0.4 is 5.73 Å². The summed E-state index contributed by atoms with van der Waals surface area (Å²) in [7, 11) is 0. The first-order chi connectivity index (χ1) is 8.68. The molecule has 0 atom stereocenters. The van der Waals surface area contributed by atoms with E-state index in [4.69, 9.17) is 5.73 Å². The molecule has 0 spiro atoms. The minimum absolute atomic E-state index is 0.00859. The largest absolute Gasteiger partial charge is 0.399 e. The Morgan fingerprint density at radius 2 is 2.05 bits per heavy atom. The zero-order chi connectivity index (χ0) is 14.8. The lowest BCUT2D eigenvalue weighted by Crippen LogP contribution is -2.46. The van der Waals surface area contributed by atoms with Gasteiger partial charge >= 0.3 is 0 Å². The van der Waals surface area contributed by atoms with Crippen molar-refractivity contribution >= 4 is 11.6 Å². The molecule has 0 heterocycles. The van der Waals surface area contributed by atoms with Crippen LogP contribution in [0.3, 0.4) is 0 Å². The highest BCUT2D eigenvalue weighted by atomic mass is 19.1. The third-order valence-electron chi connectivity index (χ3n) is 2.87. The minimum atomic E-state index is -0.516. The van der Waals surface area contributed by atoms with Gasteiger partial charge in [-0.25, -0.2) is 4.39 Å². The first-order valence-corrected chi connectivity index (χ1v) is 6.17. The van der Waals surface area contributed by atoms with Crippen molar-refractivity contribution in [2.75, 3.05) is 12.3 Å². The number of hydrogen-bond acceptors (Lipinski definition) is 2. The second kappa shape index (κ2) is 5.43. The molecule has 1 rings (SSSR count). The van der Waals surface area contributed by atoms with Gasteiger partial charge in [0.25, 0.3) is 5.91 Å². The number of carbonyl (C=O) groups excluding carboxylic acids is 1. The van der Waals surface area contributed by atoms with Crippen molar-refractivity contribution in [1.29, 1.82) is 0 Å². The van der Waals surface area contributed by atoms with E-state index in [9.17, 15) is 9.18 Å². The van der Waals surface area contributed by atoms with E-state index in [-0.39, 0.29) is 11.5 Å². The molecular formula is C15H21FN2O. The van der Waals surface area contributed by atoms with Crippen LogP contribution in [0.15, 0.2) is 24.8 Å². The highest BCUT2D eigenvalue weighted by molar-refractivity contribution is 5.96. The van der Waals surface area contributed by atoms with Gasteiger partial charge in [-0.3, -0.25) is 4.79 Å². The molecule has 0 saturated carbocycles. The molecule has 0 unspecified atom stereocenters. The van der Waals surface area contributed by atoms with Gasteiger partial charge < -0.3 is 10.6 Å². The van der Waals surface area contributed by atoms with Crippen molar-refractivity contribution < 1.29 is 9.18 Å². The van der Waals surface area contributed by atoms with Crippen LogP contribution in [0.4, 0.5) is 10.1 Å².